The van der Waals surface area contributed by atoms with Crippen LogP contribution in [0.4, 0.5) is 20.6 Å². The maximum Gasteiger partial charge on any atom is 0.320 e. The van der Waals surface area contributed by atoms with Crippen LogP contribution >= 0.6 is 0 Å². The summed E-state index contributed by atoms with van der Waals surface area (Å²) in [6.45, 7) is 4.71. The minimum absolute atomic E-state index is 0.0238. The molecular formula is C30H39FN6O4. The van der Waals surface area contributed by atoms with E-state index in [1.165, 1.54) is 24.3 Å². The van der Waals surface area contributed by atoms with Crippen molar-refractivity contribution in [2.75, 3.05) is 62.7 Å². The second-order valence-electron chi connectivity index (χ2n) is 11.0. The third-order valence-corrected chi connectivity index (χ3v) is 8.11. The second-order valence-corrected chi connectivity index (χ2v) is 11.0. The van der Waals surface area contributed by atoms with Crippen LogP contribution in [0.25, 0.3) is 0 Å². The van der Waals surface area contributed by atoms with Crippen molar-refractivity contribution in [1.29, 1.82) is 0 Å². The molecule has 1 aliphatic carbocycles. The molecule has 2 aromatic carbocycles. The Kier molecular flexibility index (Phi) is 9.35. The van der Waals surface area contributed by atoms with Gasteiger partial charge in [0.1, 0.15) is 5.82 Å². The number of nitrogens with one attached hydrogen (secondary N) is 2. The van der Waals surface area contributed by atoms with Crippen LogP contribution < -0.4 is 21.3 Å². The lowest BCUT2D eigenvalue weighted by atomic mass is 9.91. The van der Waals surface area contributed by atoms with Gasteiger partial charge < -0.3 is 35.8 Å². The molecule has 0 radical (unpaired) electrons. The number of amides is 4. The number of carbonyl (C=O) groups excluding carboxylic acids is 3. The summed E-state index contributed by atoms with van der Waals surface area (Å²) in [6, 6.07) is 10.9. The first-order valence-corrected chi connectivity index (χ1v) is 14.5. The van der Waals surface area contributed by atoms with Crippen molar-refractivity contribution < 1.29 is 23.5 Å². The first-order valence-electron chi connectivity index (χ1n) is 14.5. The highest BCUT2D eigenvalue weighted by molar-refractivity contribution is 6.07. The molecule has 10 nitrogen and oxygen atoms in total. The molecule has 220 valence electrons. The Hall–Kier alpha value is -3.70. The van der Waals surface area contributed by atoms with Gasteiger partial charge in [0, 0.05) is 62.5 Å². The Morgan fingerprint density at radius 1 is 0.805 bits per heavy atom. The van der Waals surface area contributed by atoms with E-state index < -0.39 is 11.7 Å². The normalized spacial score (nSPS) is 21.7. The summed E-state index contributed by atoms with van der Waals surface area (Å²) in [6.07, 6.45) is 4.19. The molecule has 41 heavy (non-hydrogen) atoms. The Morgan fingerprint density at radius 2 is 1.49 bits per heavy atom. The lowest BCUT2D eigenvalue weighted by Crippen LogP contribution is -2.49. The van der Waals surface area contributed by atoms with Crippen molar-refractivity contribution >= 4 is 29.2 Å². The van der Waals surface area contributed by atoms with Gasteiger partial charge in [-0.3, -0.25) is 9.59 Å². The van der Waals surface area contributed by atoms with Crippen LogP contribution in [0, 0.1) is 5.82 Å². The summed E-state index contributed by atoms with van der Waals surface area (Å²) in [5.41, 5.74) is 8.02. The van der Waals surface area contributed by atoms with Crippen molar-refractivity contribution in [3.8, 4) is 0 Å². The number of ether oxygens (including phenoxy) is 1. The molecule has 0 spiro atoms. The van der Waals surface area contributed by atoms with Crippen molar-refractivity contribution in [2.45, 2.75) is 44.2 Å². The fourth-order valence-corrected chi connectivity index (χ4v) is 5.69. The lowest BCUT2D eigenvalue weighted by molar-refractivity contribution is 0.0438. The molecule has 5 rings (SSSR count). The Labute approximate surface area is 240 Å². The van der Waals surface area contributed by atoms with Crippen LogP contribution in [0.3, 0.4) is 0 Å². The van der Waals surface area contributed by atoms with Crippen LogP contribution in [0.1, 0.15) is 52.8 Å². The molecule has 2 aromatic rings. The number of hydrogen-bond donors (Lipinski definition) is 3. The number of urea groups is 1. The van der Waals surface area contributed by atoms with Crippen LogP contribution in [0.15, 0.2) is 42.5 Å². The fourth-order valence-electron chi connectivity index (χ4n) is 5.69. The Bertz CT molecular complexity index is 1230. The molecule has 4 amide bonds. The summed E-state index contributed by atoms with van der Waals surface area (Å²) in [7, 11) is 0. The van der Waals surface area contributed by atoms with E-state index in [4.69, 9.17) is 10.5 Å². The number of nitrogens with two attached hydrogens (primary N) is 1. The number of nitrogens with zero attached hydrogens (tertiary/aromatic N) is 3. The zero-order chi connectivity index (χ0) is 28.8. The van der Waals surface area contributed by atoms with Gasteiger partial charge in [0.15, 0.2) is 0 Å². The number of benzene rings is 2. The summed E-state index contributed by atoms with van der Waals surface area (Å²) in [5, 5.41) is 6.06. The maximum absolute atomic E-state index is 13.5. The average molecular weight is 567 g/mol. The van der Waals surface area contributed by atoms with Crippen LogP contribution in [0.2, 0.25) is 0 Å². The fraction of sp³-hybridized carbons (Fsp3) is 0.500. The van der Waals surface area contributed by atoms with Crippen LogP contribution in [-0.4, -0.2) is 92.2 Å². The van der Waals surface area contributed by atoms with Crippen molar-refractivity contribution in [3.05, 3.63) is 59.4 Å². The smallest absolute Gasteiger partial charge is 0.320 e. The highest BCUT2D eigenvalue weighted by atomic mass is 19.1. The summed E-state index contributed by atoms with van der Waals surface area (Å²) >= 11 is 0. The van der Waals surface area contributed by atoms with Gasteiger partial charge in [-0.15, -0.1) is 0 Å². The van der Waals surface area contributed by atoms with Crippen molar-refractivity contribution in [2.24, 2.45) is 5.73 Å². The molecule has 0 bridgehead atoms. The first kappa shape index (κ1) is 28.8. The summed E-state index contributed by atoms with van der Waals surface area (Å²) < 4.78 is 18.8. The van der Waals surface area contributed by atoms with Gasteiger partial charge in [-0.1, -0.05) is 0 Å². The van der Waals surface area contributed by atoms with E-state index in [-0.39, 0.29) is 24.0 Å². The number of carbonyl (C=O) groups is 3. The maximum atomic E-state index is 13.5. The molecule has 2 saturated heterocycles. The van der Waals surface area contributed by atoms with E-state index in [2.05, 4.69) is 15.5 Å². The Morgan fingerprint density at radius 3 is 2.22 bits per heavy atom. The van der Waals surface area contributed by atoms with Gasteiger partial charge in [-0.05, 0) is 74.6 Å². The molecule has 0 atom stereocenters. The quantitative estimate of drug-likeness (QED) is 0.512. The predicted octanol–water partition coefficient (Wildman–Crippen LogP) is 3.04. The zero-order valence-corrected chi connectivity index (χ0v) is 23.3. The standard InChI is InChI=1S/C30H39FN6O4/c31-23-5-2-21(3-6-23)28(38)34-26-20-22(29(39)33-25-9-7-24(32)8-10-25)4-11-27(26)35-12-1-13-36(15-14-35)30(40)37-16-18-41-19-17-37/h2-6,11,20,24-25H,1,7-10,12-19,32H2,(H,33,39)(H,34,38). The van der Waals surface area contributed by atoms with Gasteiger partial charge >= 0.3 is 6.03 Å². The number of anilines is 2. The van der Waals surface area contributed by atoms with Crippen molar-refractivity contribution in [3.63, 3.8) is 0 Å². The highest BCUT2D eigenvalue weighted by Crippen LogP contribution is 2.30. The number of rotatable bonds is 5. The van der Waals surface area contributed by atoms with Crippen LogP contribution in [0.5, 0.6) is 0 Å². The SMILES string of the molecule is NC1CCC(NC(=O)c2ccc(N3CCCN(C(=O)N4CCOCC4)CC3)c(NC(=O)c3ccc(F)cc3)c2)CC1. The number of halogens is 1. The van der Waals surface area contributed by atoms with Gasteiger partial charge in [0.25, 0.3) is 11.8 Å². The molecule has 0 aromatic heterocycles. The topological polar surface area (TPSA) is 120 Å². The summed E-state index contributed by atoms with van der Waals surface area (Å²) in [4.78, 5) is 45.3. The molecule has 2 heterocycles. The van der Waals surface area contributed by atoms with Gasteiger partial charge in [-0.2, -0.15) is 0 Å². The number of morpholine rings is 1. The second kappa shape index (κ2) is 13.3. The van der Waals surface area contributed by atoms with E-state index in [1.54, 1.807) is 12.1 Å². The zero-order valence-electron chi connectivity index (χ0n) is 23.3. The van der Waals surface area contributed by atoms with Crippen LogP contribution in [-0.2, 0) is 4.74 Å². The molecule has 4 N–H and O–H groups in total. The molecule has 0 unspecified atom stereocenters. The molecule has 11 heteroatoms. The van der Waals surface area contributed by atoms with Gasteiger partial charge in [0.2, 0.25) is 0 Å². The third-order valence-electron chi connectivity index (χ3n) is 8.11. The third kappa shape index (κ3) is 7.34. The molecule has 3 fully saturated rings. The minimum atomic E-state index is -0.426. The molecule has 3 aliphatic rings. The molecule has 2 aliphatic heterocycles. The highest BCUT2D eigenvalue weighted by Gasteiger charge is 2.27. The van der Waals surface area contributed by atoms with E-state index in [0.717, 1.165) is 37.8 Å². The van der Waals surface area contributed by atoms with E-state index in [0.29, 0.717) is 69.3 Å². The van der Waals surface area contributed by atoms with E-state index in [1.807, 2.05) is 15.9 Å². The summed E-state index contributed by atoms with van der Waals surface area (Å²) in [5.74, 6) is -1.03. The van der Waals surface area contributed by atoms with Crippen molar-refractivity contribution in [1.82, 2.24) is 15.1 Å². The molecular weight excluding hydrogens is 527 g/mol. The predicted molar refractivity (Wildman–Crippen MR) is 155 cm³/mol. The number of hydrogen-bond acceptors (Lipinski definition) is 6. The first-order chi connectivity index (χ1) is 19.9. The minimum Gasteiger partial charge on any atom is -0.378 e. The monoisotopic (exact) mass is 566 g/mol. The Balaban J connectivity index is 1.34. The molecule has 1 saturated carbocycles. The van der Waals surface area contributed by atoms with Gasteiger partial charge in [-0.25, -0.2) is 9.18 Å². The average Bonchev–Trinajstić information content (AvgIpc) is 3.25. The van der Waals surface area contributed by atoms with E-state index in [9.17, 15) is 18.8 Å². The lowest BCUT2D eigenvalue weighted by Gasteiger charge is -2.32. The van der Waals surface area contributed by atoms with E-state index >= 15 is 0 Å². The largest absolute Gasteiger partial charge is 0.378 e. The van der Waals surface area contributed by atoms with Gasteiger partial charge in [0.05, 0.1) is 24.6 Å².